The summed E-state index contributed by atoms with van der Waals surface area (Å²) in [4.78, 5) is 4.28. The first-order valence-electron chi connectivity index (χ1n) is 4.91. The van der Waals surface area contributed by atoms with Crippen molar-refractivity contribution in [3.05, 3.63) is 64.1 Å². The van der Waals surface area contributed by atoms with E-state index in [-0.39, 0.29) is 0 Å². The fraction of sp³-hybridized carbons (Fsp3) is 0. The van der Waals surface area contributed by atoms with Crippen molar-refractivity contribution in [2.24, 2.45) is 4.99 Å². The highest BCUT2D eigenvalue weighted by molar-refractivity contribution is 6.69. The van der Waals surface area contributed by atoms with Gasteiger partial charge < -0.3 is 0 Å². The van der Waals surface area contributed by atoms with Crippen LogP contribution in [0.25, 0.3) is 0 Å². The van der Waals surface area contributed by atoms with Gasteiger partial charge in [0.05, 0.1) is 5.69 Å². The molecular weight excluding hydrogens is 277 g/mol. The highest BCUT2D eigenvalue weighted by atomic mass is 35.5. The van der Waals surface area contributed by atoms with Crippen LogP contribution in [0.15, 0.2) is 53.5 Å². The van der Waals surface area contributed by atoms with Gasteiger partial charge in [0, 0.05) is 15.6 Å². The molecule has 2 rings (SSSR count). The van der Waals surface area contributed by atoms with Gasteiger partial charge >= 0.3 is 0 Å². The third kappa shape index (κ3) is 3.47. The molecule has 0 aliphatic carbocycles. The molecule has 2 aromatic rings. The molecule has 0 unspecified atom stereocenters. The van der Waals surface area contributed by atoms with E-state index in [9.17, 15) is 0 Å². The van der Waals surface area contributed by atoms with Crippen LogP contribution in [0.3, 0.4) is 0 Å². The highest BCUT2D eigenvalue weighted by Gasteiger charge is 2.00. The van der Waals surface area contributed by atoms with Gasteiger partial charge in [-0.2, -0.15) is 0 Å². The van der Waals surface area contributed by atoms with Gasteiger partial charge in [0.15, 0.2) is 0 Å². The van der Waals surface area contributed by atoms with Crippen molar-refractivity contribution in [1.82, 2.24) is 0 Å². The van der Waals surface area contributed by atoms with Gasteiger partial charge in [-0.1, -0.05) is 46.9 Å². The Morgan fingerprint density at radius 1 is 0.765 bits per heavy atom. The normalized spacial score (nSPS) is 11.6. The summed E-state index contributed by atoms with van der Waals surface area (Å²) in [6.45, 7) is 0. The molecule has 0 atom stereocenters. The van der Waals surface area contributed by atoms with E-state index in [1.54, 1.807) is 36.4 Å². The average molecular weight is 285 g/mol. The summed E-state index contributed by atoms with van der Waals surface area (Å²) < 4.78 is 0. The predicted octanol–water partition coefficient (Wildman–Crippen LogP) is 5.31. The first kappa shape index (κ1) is 12.4. The lowest BCUT2D eigenvalue weighted by Crippen LogP contribution is -1.89. The van der Waals surface area contributed by atoms with E-state index < -0.39 is 0 Å². The van der Waals surface area contributed by atoms with Crippen LogP contribution in [0, 0.1) is 0 Å². The molecule has 0 saturated carbocycles. The number of nitrogens with zero attached hydrogens (tertiary/aromatic N) is 1. The Balaban J connectivity index is 2.27. The van der Waals surface area contributed by atoms with Crippen LogP contribution in [0.4, 0.5) is 5.69 Å². The van der Waals surface area contributed by atoms with Gasteiger partial charge in [-0.05, 0) is 36.4 Å². The van der Waals surface area contributed by atoms with Crippen molar-refractivity contribution in [3.8, 4) is 0 Å². The zero-order chi connectivity index (χ0) is 12.3. The molecule has 1 nitrogen and oxygen atoms in total. The second kappa shape index (κ2) is 5.54. The second-order valence-corrected chi connectivity index (χ2v) is 4.62. The largest absolute Gasteiger partial charge is 0.236 e. The molecule has 4 heteroatoms. The Bertz CT molecular complexity index is 530. The number of halogens is 3. The van der Waals surface area contributed by atoms with Gasteiger partial charge in [0.1, 0.15) is 5.17 Å². The maximum atomic E-state index is 6.11. The molecule has 2 aromatic carbocycles. The van der Waals surface area contributed by atoms with Crippen molar-refractivity contribution in [3.63, 3.8) is 0 Å². The van der Waals surface area contributed by atoms with Crippen LogP contribution in [0.1, 0.15) is 5.56 Å². The van der Waals surface area contributed by atoms with Crippen molar-refractivity contribution in [1.29, 1.82) is 0 Å². The summed E-state index contributed by atoms with van der Waals surface area (Å²) in [5.41, 5.74) is 1.58. The van der Waals surface area contributed by atoms with E-state index >= 15 is 0 Å². The molecule has 0 heterocycles. The molecule has 17 heavy (non-hydrogen) atoms. The molecule has 0 fully saturated rings. The van der Waals surface area contributed by atoms with Crippen LogP contribution in [-0.2, 0) is 0 Å². The number of hydrogen-bond donors (Lipinski definition) is 0. The lowest BCUT2D eigenvalue weighted by Gasteiger charge is -1.99. The summed E-state index contributed by atoms with van der Waals surface area (Å²) in [6, 6.07) is 14.3. The first-order valence-corrected chi connectivity index (χ1v) is 6.04. The van der Waals surface area contributed by atoms with Crippen LogP contribution in [0.5, 0.6) is 0 Å². The molecule has 0 bridgehead atoms. The highest BCUT2D eigenvalue weighted by Crippen LogP contribution is 2.19. The number of hydrogen-bond acceptors (Lipinski definition) is 1. The van der Waals surface area contributed by atoms with E-state index in [1.807, 2.05) is 12.1 Å². The molecule has 0 radical (unpaired) electrons. The molecule has 0 saturated heterocycles. The van der Waals surface area contributed by atoms with Crippen molar-refractivity contribution < 1.29 is 0 Å². The van der Waals surface area contributed by atoms with Crippen LogP contribution >= 0.6 is 34.8 Å². The molecule has 0 N–H and O–H groups in total. The standard InChI is InChI=1S/C13H8Cl3N/c14-10-3-1-9(2-4-10)13(16)17-12-7-5-11(15)6-8-12/h1-8H. The Morgan fingerprint density at radius 3 is 1.76 bits per heavy atom. The Kier molecular flexibility index (Phi) is 4.06. The van der Waals surface area contributed by atoms with Gasteiger partial charge in [-0.3, -0.25) is 0 Å². The summed E-state index contributed by atoms with van der Waals surface area (Å²) >= 11 is 17.7. The van der Waals surface area contributed by atoms with Crippen LogP contribution in [0.2, 0.25) is 10.0 Å². The Morgan fingerprint density at radius 2 is 1.24 bits per heavy atom. The molecule has 0 spiro atoms. The molecular formula is C13H8Cl3N. The van der Waals surface area contributed by atoms with Gasteiger partial charge in [0.2, 0.25) is 0 Å². The Hall–Kier alpha value is -1.02. The molecule has 0 aliphatic heterocycles. The minimum atomic E-state index is 0.420. The van der Waals surface area contributed by atoms with Crippen LogP contribution in [-0.4, -0.2) is 5.17 Å². The number of rotatable bonds is 2. The van der Waals surface area contributed by atoms with E-state index in [0.29, 0.717) is 15.2 Å². The third-order valence-corrected chi connectivity index (χ3v) is 2.94. The number of benzene rings is 2. The summed E-state index contributed by atoms with van der Waals surface area (Å²) in [7, 11) is 0. The van der Waals surface area contributed by atoms with E-state index in [1.165, 1.54) is 0 Å². The molecule has 0 aliphatic rings. The van der Waals surface area contributed by atoms with Crippen molar-refractivity contribution in [2.75, 3.05) is 0 Å². The van der Waals surface area contributed by atoms with Gasteiger partial charge in [-0.25, -0.2) is 4.99 Å². The van der Waals surface area contributed by atoms with Gasteiger partial charge in [-0.15, -0.1) is 0 Å². The predicted molar refractivity (Wildman–Crippen MR) is 75.0 cm³/mol. The van der Waals surface area contributed by atoms with Gasteiger partial charge in [0.25, 0.3) is 0 Å². The first-order chi connectivity index (χ1) is 8.15. The SMILES string of the molecule is ClC(=Nc1ccc(Cl)cc1)c1ccc(Cl)cc1. The molecule has 86 valence electrons. The second-order valence-electron chi connectivity index (χ2n) is 3.39. The summed E-state index contributed by atoms with van der Waals surface area (Å²) in [5, 5.41) is 1.76. The third-order valence-electron chi connectivity index (χ3n) is 2.14. The fourth-order valence-electron chi connectivity index (χ4n) is 1.28. The topological polar surface area (TPSA) is 12.4 Å². The minimum absolute atomic E-state index is 0.420. The van der Waals surface area contributed by atoms with Crippen LogP contribution < -0.4 is 0 Å². The average Bonchev–Trinajstić information content (AvgIpc) is 2.33. The number of aliphatic imine (C=N–C) groups is 1. The van der Waals surface area contributed by atoms with Crippen molar-refractivity contribution in [2.45, 2.75) is 0 Å². The smallest absolute Gasteiger partial charge is 0.136 e. The minimum Gasteiger partial charge on any atom is -0.236 e. The Labute approximate surface area is 115 Å². The fourth-order valence-corrected chi connectivity index (χ4v) is 1.76. The zero-order valence-corrected chi connectivity index (χ0v) is 11.0. The van der Waals surface area contributed by atoms with E-state index in [0.717, 1.165) is 11.3 Å². The van der Waals surface area contributed by atoms with Crippen molar-refractivity contribution >= 4 is 45.7 Å². The molecule has 0 amide bonds. The monoisotopic (exact) mass is 283 g/mol. The zero-order valence-electron chi connectivity index (χ0n) is 8.70. The lowest BCUT2D eigenvalue weighted by molar-refractivity contribution is 1.52. The maximum absolute atomic E-state index is 6.11. The van der Waals surface area contributed by atoms with E-state index in [4.69, 9.17) is 34.8 Å². The summed E-state index contributed by atoms with van der Waals surface area (Å²) in [5.74, 6) is 0. The lowest BCUT2D eigenvalue weighted by atomic mass is 10.2. The van der Waals surface area contributed by atoms with E-state index in [2.05, 4.69) is 4.99 Å². The quantitative estimate of drug-likeness (QED) is 0.663. The maximum Gasteiger partial charge on any atom is 0.136 e. The summed E-state index contributed by atoms with van der Waals surface area (Å²) in [6.07, 6.45) is 0. The molecule has 0 aromatic heterocycles.